The maximum Gasteiger partial charge on any atom is 0.263 e. The van der Waals surface area contributed by atoms with Gasteiger partial charge < -0.3 is 10.5 Å². The fourth-order valence-electron chi connectivity index (χ4n) is 0.843. The molecule has 0 aliphatic rings. The van der Waals surface area contributed by atoms with Gasteiger partial charge in [-0.15, -0.1) is 0 Å². The van der Waals surface area contributed by atoms with Crippen molar-refractivity contribution in [3.8, 4) is 11.6 Å². The van der Waals surface area contributed by atoms with Gasteiger partial charge in [0.05, 0.1) is 18.6 Å². The minimum absolute atomic E-state index is 0.231. The molecule has 0 fully saturated rings. The third-order valence-electron chi connectivity index (χ3n) is 1.43. The van der Waals surface area contributed by atoms with E-state index < -0.39 is 0 Å². The van der Waals surface area contributed by atoms with Crippen molar-refractivity contribution >= 4 is 21.7 Å². The number of nitrogen functional groups attached to an aromatic ring is 1. The third kappa shape index (κ3) is 1.82. The number of nitrogens with zero attached hydrogens (tertiary/aromatic N) is 3. The van der Waals surface area contributed by atoms with E-state index in [-0.39, 0.29) is 11.7 Å². The third-order valence-corrected chi connectivity index (χ3v) is 1.81. The molecule has 2 aromatic heterocycles. The predicted octanol–water partition coefficient (Wildman–Crippen LogP) is 1.34. The zero-order chi connectivity index (χ0) is 9.97. The number of anilines is 1. The summed E-state index contributed by atoms with van der Waals surface area (Å²) in [4.78, 5) is 7.88. The summed E-state index contributed by atoms with van der Waals surface area (Å²) < 4.78 is 5.87. The number of nitrogens with two attached hydrogens (primary N) is 1. The van der Waals surface area contributed by atoms with E-state index in [1.807, 2.05) is 0 Å². The van der Waals surface area contributed by atoms with E-state index in [0.717, 1.165) is 0 Å². The van der Waals surface area contributed by atoms with E-state index >= 15 is 0 Å². The average molecular weight is 256 g/mol. The van der Waals surface area contributed by atoms with Crippen LogP contribution in [-0.4, -0.2) is 20.2 Å². The molecule has 0 atom stereocenters. The smallest absolute Gasteiger partial charge is 0.263 e. The molecule has 2 rings (SSSR count). The molecule has 0 saturated heterocycles. The fourth-order valence-corrected chi connectivity index (χ4v) is 1.11. The van der Waals surface area contributed by atoms with E-state index in [9.17, 15) is 0 Å². The Morgan fingerprint density at radius 2 is 2.29 bits per heavy atom. The lowest BCUT2D eigenvalue weighted by molar-refractivity contribution is 0.462. The summed E-state index contributed by atoms with van der Waals surface area (Å²) in [5, 5.41) is 6.33. The van der Waals surface area contributed by atoms with Gasteiger partial charge in [0.1, 0.15) is 4.60 Å². The summed E-state index contributed by atoms with van der Waals surface area (Å²) in [6.07, 6.45) is 4.60. The molecule has 6 nitrogen and oxygen atoms in total. The lowest BCUT2D eigenvalue weighted by atomic mass is 10.6. The van der Waals surface area contributed by atoms with Gasteiger partial charge in [-0.2, -0.15) is 5.10 Å². The van der Waals surface area contributed by atoms with Crippen LogP contribution in [0.15, 0.2) is 23.2 Å². The van der Waals surface area contributed by atoms with Gasteiger partial charge in [0.2, 0.25) is 0 Å². The molecular formula is C7H6BrN5O. The van der Waals surface area contributed by atoms with Crippen molar-refractivity contribution in [2.75, 3.05) is 5.73 Å². The largest absolute Gasteiger partial charge is 0.433 e. The lowest BCUT2D eigenvalue weighted by Gasteiger charge is -2.03. The van der Waals surface area contributed by atoms with Gasteiger partial charge in [0, 0.05) is 0 Å². The van der Waals surface area contributed by atoms with Crippen LogP contribution in [-0.2, 0) is 0 Å². The molecule has 2 aromatic rings. The summed E-state index contributed by atoms with van der Waals surface area (Å²) in [5.74, 6) is 1.01. The monoisotopic (exact) mass is 255 g/mol. The Hall–Kier alpha value is -1.63. The number of hydrogen-bond donors (Lipinski definition) is 2. The Labute approximate surface area is 87.6 Å². The molecule has 0 spiro atoms. The number of aromatic nitrogens is 4. The Kier molecular flexibility index (Phi) is 2.32. The first-order valence-electron chi connectivity index (χ1n) is 3.70. The minimum atomic E-state index is 0.231. The Morgan fingerprint density at radius 1 is 1.43 bits per heavy atom. The summed E-state index contributed by atoms with van der Waals surface area (Å²) in [6.45, 7) is 0. The van der Waals surface area contributed by atoms with E-state index in [1.165, 1.54) is 12.4 Å². The van der Waals surface area contributed by atoms with Crippen molar-refractivity contribution in [1.82, 2.24) is 20.2 Å². The summed E-state index contributed by atoms with van der Waals surface area (Å²) in [7, 11) is 0. The van der Waals surface area contributed by atoms with Gasteiger partial charge in [-0.3, -0.25) is 5.10 Å². The van der Waals surface area contributed by atoms with Gasteiger partial charge in [-0.1, -0.05) is 0 Å². The van der Waals surface area contributed by atoms with Crippen molar-refractivity contribution in [3.05, 3.63) is 23.2 Å². The number of rotatable bonds is 2. The van der Waals surface area contributed by atoms with E-state index in [1.54, 1.807) is 6.20 Å². The van der Waals surface area contributed by atoms with E-state index in [2.05, 4.69) is 36.1 Å². The normalized spacial score (nSPS) is 10.1. The van der Waals surface area contributed by atoms with Crippen LogP contribution < -0.4 is 10.5 Å². The van der Waals surface area contributed by atoms with Gasteiger partial charge in [-0.05, 0) is 15.9 Å². The topological polar surface area (TPSA) is 89.7 Å². The molecule has 0 radical (unpaired) electrons. The van der Waals surface area contributed by atoms with E-state index in [0.29, 0.717) is 10.4 Å². The highest BCUT2D eigenvalue weighted by molar-refractivity contribution is 9.10. The van der Waals surface area contributed by atoms with Crippen molar-refractivity contribution in [2.24, 2.45) is 0 Å². The van der Waals surface area contributed by atoms with Crippen LogP contribution in [0.25, 0.3) is 0 Å². The molecule has 72 valence electrons. The van der Waals surface area contributed by atoms with Crippen LogP contribution in [0.5, 0.6) is 11.6 Å². The van der Waals surface area contributed by atoms with Crippen molar-refractivity contribution in [1.29, 1.82) is 0 Å². The zero-order valence-electron chi connectivity index (χ0n) is 6.94. The molecular weight excluding hydrogens is 250 g/mol. The SMILES string of the molecule is Nc1ncc(Br)nc1Oc1cn[nH]c1. The van der Waals surface area contributed by atoms with Gasteiger partial charge in [-0.25, -0.2) is 9.97 Å². The number of hydrogen-bond acceptors (Lipinski definition) is 5. The molecule has 0 bridgehead atoms. The minimum Gasteiger partial charge on any atom is -0.433 e. The molecule has 0 aliphatic heterocycles. The number of halogens is 1. The number of nitrogens with one attached hydrogen (secondary N) is 1. The second-order valence-corrected chi connectivity index (χ2v) is 3.23. The lowest BCUT2D eigenvalue weighted by Crippen LogP contribution is -1.97. The first-order chi connectivity index (χ1) is 6.75. The molecule has 2 heterocycles. The molecule has 3 N–H and O–H groups in total. The standard InChI is InChI=1S/C7H6BrN5O/c8-5-3-10-6(9)7(13-5)14-4-1-11-12-2-4/h1-3H,(H2,9,10)(H,11,12). The maximum atomic E-state index is 5.56. The quantitative estimate of drug-likeness (QED) is 0.846. The summed E-state index contributed by atoms with van der Waals surface area (Å²) in [5.41, 5.74) is 5.56. The van der Waals surface area contributed by atoms with Crippen LogP contribution in [0.3, 0.4) is 0 Å². The molecule has 0 aliphatic carbocycles. The highest BCUT2D eigenvalue weighted by atomic mass is 79.9. The van der Waals surface area contributed by atoms with Gasteiger partial charge in [0.25, 0.3) is 5.88 Å². The second kappa shape index (κ2) is 3.62. The van der Waals surface area contributed by atoms with Crippen LogP contribution in [0, 0.1) is 0 Å². The van der Waals surface area contributed by atoms with Crippen LogP contribution in [0.2, 0.25) is 0 Å². The molecule has 0 aromatic carbocycles. The van der Waals surface area contributed by atoms with Crippen molar-refractivity contribution < 1.29 is 4.74 Å². The van der Waals surface area contributed by atoms with Crippen molar-refractivity contribution in [2.45, 2.75) is 0 Å². The fraction of sp³-hybridized carbons (Fsp3) is 0. The van der Waals surface area contributed by atoms with Crippen LogP contribution in [0.1, 0.15) is 0 Å². The number of ether oxygens (including phenoxy) is 1. The zero-order valence-corrected chi connectivity index (χ0v) is 8.52. The Balaban J connectivity index is 2.28. The highest BCUT2D eigenvalue weighted by Gasteiger charge is 2.06. The molecule has 7 heteroatoms. The molecule has 0 amide bonds. The molecule has 14 heavy (non-hydrogen) atoms. The highest BCUT2D eigenvalue weighted by Crippen LogP contribution is 2.23. The van der Waals surface area contributed by atoms with E-state index in [4.69, 9.17) is 10.5 Å². The van der Waals surface area contributed by atoms with Crippen LogP contribution in [0.4, 0.5) is 5.82 Å². The second-order valence-electron chi connectivity index (χ2n) is 2.42. The van der Waals surface area contributed by atoms with Crippen molar-refractivity contribution in [3.63, 3.8) is 0 Å². The number of aromatic amines is 1. The Bertz CT molecular complexity index is 430. The Morgan fingerprint density at radius 3 is 3.00 bits per heavy atom. The molecule has 0 unspecified atom stereocenters. The van der Waals surface area contributed by atoms with Gasteiger partial charge >= 0.3 is 0 Å². The number of H-pyrrole nitrogens is 1. The first kappa shape index (κ1) is 8.95. The maximum absolute atomic E-state index is 5.56. The summed E-state index contributed by atoms with van der Waals surface area (Å²) in [6, 6.07) is 0. The molecule has 0 saturated carbocycles. The average Bonchev–Trinajstić information content (AvgIpc) is 2.64. The van der Waals surface area contributed by atoms with Crippen LogP contribution >= 0.6 is 15.9 Å². The van der Waals surface area contributed by atoms with Gasteiger partial charge in [0.15, 0.2) is 11.6 Å². The first-order valence-corrected chi connectivity index (χ1v) is 4.49. The summed E-state index contributed by atoms with van der Waals surface area (Å²) >= 11 is 3.17. The predicted molar refractivity (Wildman–Crippen MR) is 52.8 cm³/mol.